The Balaban J connectivity index is 1.44. The molecule has 41 heavy (non-hydrogen) atoms. The van der Waals surface area contributed by atoms with Gasteiger partial charge in [0.2, 0.25) is 10.0 Å². The van der Waals surface area contributed by atoms with E-state index in [2.05, 4.69) is 5.32 Å². The molecule has 1 aromatic heterocycles. The van der Waals surface area contributed by atoms with Gasteiger partial charge in [-0.25, -0.2) is 12.8 Å². The van der Waals surface area contributed by atoms with E-state index >= 15 is 0 Å². The fraction of sp³-hybridized carbons (Fsp3) is 0.345. The third-order valence-corrected chi connectivity index (χ3v) is 9.51. The molecule has 0 radical (unpaired) electrons. The van der Waals surface area contributed by atoms with Gasteiger partial charge in [-0.05, 0) is 78.7 Å². The number of fused-ring (bicyclic) bond motifs is 1. The molecule has 0 bridgehead atoms. The molecule has 2 N–H and O–H groups in total. The van der Waals surface area contributed by atoms with Crippen LogP contribution in [0.4, 0.5) is 10.1 Å². The lowest BCUT2D eigenvalue weighted by Gasteiger charge is -2.35. The number of amides is 1. The highest BCUT2D eigenvalue weighted by Gasteiger charge is 2.42. The van der Waals surface area contributed by atoms with Gasteiger partial charge in [-0.15, -0.1) is 0 Å². The third kappa shape index (κ3) is 5.32. The molecule has 2 aromatic carbocycles. The fourth-order valence-electron chi connectivity index (χ4n) is 5.94. The molecule has 2 fully saturated rings. The second-order valence-electron chi connectivity index (χ2n) is 10.9. The van der Waals surface area contributed by atoms with Gasteiger partial charge in [0.15, 0.2) is 0 Å². The number of anilines is 1. The van der Waals surface area contributed by atoms with Gasteiger partial charge in [-0.1, -0.05) is 17.7 Å². The van der Waals surface area contributed by atoms with Crippen molar-refractivity contribution in [2.24, 2.45) is 5.92 Å². The van der Waals surface area contributed by atoms with E-state index < -0.39 is 29.0 Å². The van der Waals surface area contributed by atoms with Gasteiger partial charge < -0.3 is 19.4 Å². The second kappa shape index (κ2) is 10.6. The van der Waals surface area contributed by atoms with Crippen molar-refractivity contribution >= 4 is 46.4 Å². The van der Waals surface area contributed by atoms with Crippen molar-refractivity contribution in [3.05, 3.63) is 81.3 Å². The van der Waals surface area contributed by atoms with E-state index in [9.17, 15) is 22.6 Å². The van der Waals surface area contributed by atoms with Crippen molar-refractivity contribution in [1.29, 1.82) is 0 Å². The molecule has 1 amide bonds. The molecule has 3 aliphatic rings. The predicted octanol–water partition coefficient (Wildman–Crippen LogP) is 4.88. The van der Waals surface area contributed by atoms with Crippen molar-refractivity contribution in [3.63, 3.8) is 0 Å². The van der Waals surface area contributed by atoms with E-state index in [4.69, 9.17) is 20.7 Å². The lowest BCUT2D eigenvalue weighted by atomic mass is 9.79. The molecule has 1 aliphatic heterocycles. The van der Waals surface area contributed by atoms with Crippen LogP contribution < -0.4 is 9.62 Å². The van der Waals surface area contributed by atoms with Crippen LogP contribution in [0.3, 0.4) is 0 Å². The van der Waals surface area contributed by atoms with E-state index in [0.717, 1.165) is 30.2 Å². The minimum absolute atomic E-state index is 0.0893. The molecule has 2 aliphatic carbocycles. The van der Waals surface area contributed by atoms with E-state index in [-0.39, 0.29) is 24.2 Å². The molecule has 12 heteroatoms. The minimum atomic E-state index is -3.79. The molecule has 6 rings (SSSR count). The molecule has 1 saturated heterocycles. The summed E-state index contributed by atoms with van der Waals surface area (Å²) in [5.74, 6) is 0.112. The van der Waals surface area contributed by atoms with Crippen LogP contribution >= 0.6 is 11.6 Å². The summed E-state index contributed by atoms with van der Waals surface area (Å²) < 4.78 is 53.4. The Morgan fingerprint density at radius 1 is 1.17 bits per heavy atom. The van der Waals surface area contributed by atoms with Crippen molar-refractivity contribution in [3.8, 4) is 11.3 Å². The highest BCUT2D eigenvalue weighted by atomic mass is 35.5. The van der Waals surface area contributed by atoms with Crippen LogP contribution in [0.2, 0.25) is 11.3 Å². The van der Waals surface area contributed by atoms with Crippen LogP contribution in [-0.2, 0) is 21.1 Å². The summed E-state index contributed by atoms with van der Waals surface area (Å²) in [4.78, 5) is 13.1. The van der Waals surface area contributed by atoms with Gasteiger partial charge in [-0.3, -0.25) is 9.10 Å². The number of carbonyl (C=O) groups excluding carboxylic acids is 1. The molecular formula is C29H29BClFN2O6S. The zero-order chi connectivity index (χ0) is 29.1. The van der Waals surface area contributed by atoms with Crippen molar-refractivity contribution < 1.29 is 31.7 Å². The quantitative estimate of drug-likeness (QED) is 0.376. The van der Waals surface area contributed by atoms with Crippen LogP contribution in [0.15, 0.2) is 52.5 Å². The lowest BCUT2D eigenvalue weighted by Crippen LogP contribution is -2.44. The highest BCUT2D eigenvalue weighted by molar-refractivity contribution is 7.92. The van der Waals surface area contributed by atoms with Crippen molar-refractivity contribution in [2.75, 3.05) is 24.2 Å². The normalized spacial score (nSPS) is 20.5. The zero-order valence-electron chi connectivity index (χ0n) is 22.6. The molecule has 0 spiro atoms. The van der Waals surface area contributed by atoms with Gasteiger partial charge in [0, 0.05) is 42.1 Å². The minimum Gasteiger partial charge on any atom is -0.459 e. The Hall–Kier alpha value is -3.12. The smallest absolute Gasteiger partial charge is 0.454 e. The first-order valence-electron chi connectivity index (χ1n) is 13.5. The standard InChI is InChI=1S/C29H29BClFN2O6S/c1-33-29(35)27-23-12-22(16-3-4-16)25(13-26(23)40-28(27)17-5-7-19(32)8-6-17)34(41(2,37)38)20-9-10-21(24(31)11-20)18-14-30(36)39-15-18/h5-12,16,18,25,36H,3-4,13-15H2,1-2H3,(H,33,35). The summed E-state index contributed by atoms with van der Waals surface area (Å²) in [6.45, 7) is 0.332. The molecule has 8 nitrogen and oxygen atoms in total. The zero-order valence-corrected chi connectivity index (χ0v) is 24.1. The summed E-state index contributed by atoms with van der Waals surface area (Å²) in [5, 5.41) is 12.9. The largest absolute Gasteiger partial charge is 0.459 e. The number of carbonyl (C=O) groups is 1. The molecule has 2 heterocycles. The second-order valence-corrected chi connectivity index (χ2v) is 13.1. The number of sulfonamides is 1. The summed E-state index contributed by atoms with van der Waals surface area (Å²) in [6.07, 6.45) is 5.51. The Labute approximate surface area is 243 Å². The maximum atomic E-state index is 13.7. The van der Waals surface area contributed by atoms with Crippen LogP contribution in [0.5, 0.6) is 0 Å². The maximum absolute atomic E-state index is 13.7. The topological polar surface area (TPSA) is 109 Å². The van der Waals surface area contributed by atoms with Gasteiger partial charge in [0.1, 0.15) is 17.3 Å². The molecule has 3 aromatic rings. The first-order valence-corrected chi connectivity index (χ1v) is 15.7. The van der Waals surface area contributed by atoms with Gasteiger partial charge >= 0.3 is 7.12 Å². The van der Waals surface area contributed by atoms with E-state index in [1.165, 1.54) is 23.5 Å². The first kappa shape index (κ1) is 28.0. The van der Waals surface area contributed by atoms with E-state index in [1.807, 2.05) is 6.08 Å². The van der Waals surface area contributed by atoms with Crippen molar-refractivity contribution in [1.82, 2.24) is 5.32 Å². The first-order chi connectivity index (χ1) is 19.5. The van der Waals surface area contributed by atoms with Crippen LogP contribution in [-0.4, -0.2) is 52.4 Å². The van der Waals surface area contributed by atoms with E-state index in [0.29, 0.717) is 51.8 Å². The SMILES string of the molecule is CNC(=O)c1c(-c2ccc(F)cc2)oc2c1C=C(C1CC1)C(N(c1ccc(C3COB(O)C3)c(Cl)c1)S(C)(=O)=O)C2. The Morgan fingerprint density at radius 2 is 1.90 bits per heavy atom. The van der Waals surface area contributed by atoms with Crippen LogP contribution in [0, 0.1) is 11.7 Å². The lowest BCUT2D eigenvalue weighted by molar-refractivity contribution is 0.0963. The Bertz CT molecular complexity index is 1650. The number of furan rings is 1. The van der Waals surface area contributed by atoms with Crippen molar-refractivity contribution in [2.45, 2.75) is 37.5 Å². The number of nitrogens with one attached hydrogen (secondary N) is 1. The molecule has 2 unspecified atom stereocenters. The highest BCUT2D eigenvalue weighted by Crippen LogP contribution is 2.48. The number of hydrogen-bond acceptors (Lipinski definition) is 6. The van der Waals surface area contributed by atoms with Gasteiger partial charge in [-0.2, -0.15) is 0 Å². The Kier molecular flexibility index (Phi) is 7.26. The van der Waals surface area contributed by atoms with Gasteiger partial charge in [0.05, 0.1) is 23.5 Å². The van der Waals surface area contributed by atoms with Gasteiger partial charge in [0.25, 0.3) is 5.91 Å². The monoisotopic (exact) mass is 598 g/mol. The van der Waals surface area contributed by atoms with Crippen LogP contribution in [0.25, 0.3) is 17.4 Å². The number of benzene rings is 2. The van der Waals surface area contributed by atoms with E-state index in [1.54, 1.807) is 30.3 Å². The van der Waals surface area contributed by atoms with Crippen LogP contribution in [0.1, 0.15) is 46.0 Å². The average molecular weight is 599 g/mol. The molecule has 1 saturated carbocycles. The third-order valence-electron chi connectivity index (χ3n) is 8.00. The Morgan fingerprint density at radius 3 is 2.49 bits per heavy atom. The summed E-state index contributed by atoms with van der Waals surface area (Å²) >= 11 is 6.67. The maximum Gasteiger partial charge on any atom is 0.454 e. The average Bonchev–Trinajstić information content (AvgIpc) is 3.58. The number of nitrogens with zero attached hydrogens (tertiary/aromatic N) is 1. The summed E-state index contributed by atoms with van der Waals surface area (Å²) in [7, 11) is -3.11. The number of hydrogen-bond donors (Lipinski definition) is 2. The molecular weight excluding hydrogens is 570 g/mol. The fourth-order valence-corrected chi connectivity index (χ4v) is 7.43. The molecule has 214 valence electrons. The summed E-state index contributed by atoms with van der Waals surface area (Å²) in [6, 6.07) is 10.3. The summed E-state index contributed by atoms with van der Waals surface area (Å²) in [5.41, 5.74) is 3.60. The number of rotatable bonds is 7. The number of halogens is 2. The molecule has 2 atom stereocenters. The predicted molar refractivity (Wildman–Crippen MR) is 156 cm³/mol.